The van der Waals surface area contributed by atoms with Crippen LogP contribution < -0.4 is 5.73 Å². The molecule has 0 spiro atoms. The molecular formula is C10H17F3N2O2S. The van der Waals surface area contributed by atoms with E-state index in [0.29, 0.717) is 13.0 Å². The van der Waals surface area contributed by atoms with Gasteiger partial charge in [-0.05, 0) is 6.92 Å². The molecule has 0 heterocycles. The van der Waals surface area contributed by atoms with E-state index in [0.717, 1.165) is 6.92 Å². The number of carbonyl (C=O) groups excluding carboxylic acids is 1. The van der Waals surface area contributed by atoms with E-state index in [1.807, 2.05) is 0 Å². The van der Waals surface area contributed by atoms with E-state index >= 15 is 0 Å². The van der Waals surface area contributed by atoms with Crippen molar-refractivity contribution in [2.24, 2.45) is 5.73 Å². The normalized spacial score (nSPS) is 13.2. The van der Waals surface area contributed by atoms with E-state index in [9.17, 15) is 18.0 Å². The van der Waals surface area contributed by atoms with Crippen molar-refractivity contribution in [3.63, 3.8) is 0 Å². The van der Waals surface area contributed by atoms with Crippen molar-refractivity contribution in [2.75, 3.05) is 20.2 Å². The molecule has 1 atom stereocenters. The Balaban J connectivity index is 3.86. The molecule has 0 aromatic rings. The van der Waals surface area contributed by atoms with Crippen molar-refractivity contribution in [1.82, 2.24) is 4.90 Å². The third-order valence-electron chi connectivity index (χ3n) is 2.26. The lowest BCUT2D eigenvalue weighted by Crippen LogP contribution is -2.33. The van der Waals surface area contributed by atoms with Crippen LogP contribution in [0.15, 0.2) is 0 Å². The number of nitrogens with two attached hydrogens (primary N) is 1. The third-order valence-corrected chi connectivity index (χ3v) is 2.47. The molecule has 0 aliphatic heterocycles. The first-order valence-corrected chi connectivity index (χ1v) is 5.76. The molecule has 0 radical (unpaired) electrons. The van der Waals surface area contributed by atoms with Gasteiger partial charge in [-0.15, -0.1) is 0 Å². The molecule has 0 fully saturated rings. The van der Waals surface area contributed by atoms with Crippen LogP contribution in [0, 0.1) is 0 Å². The van der Waals surface area contributed by atoms with Crippen LogP contribution in [0.3, 0.4) is 0 Å². The minimum absolute atomic E-state index is 0.103. The van der Waals surface area contributed by atoms with Crippen LogP contribution in [0.1, 0.15) is 19.8 Å². The van der Waals surface area contributed by atoms with Gasteiger partial charge in [-0.3, -0.25) is 4.79 Å². The van der Waals surface area contributed by atoms with Gasteiger partial charge in [-0.25, -0.2) is 0 Å². The van der Waals surface area contributed by atoms with Gasteiger partial charge in [0.05, 0.1) is 18.0 Å². The van der Waals surface area contributed by atoms with Gasteiger partial charge < -0.3 is 15.4 Å². The maximum Gasteiger partial charge on any atom is 0.414 e. The zero-order valence-electron chi connectivity index (χ0n) is 10.3. The van der Waals surface area contributed by atoms with E-state index in [-0.39, 0.29) is 23.9 Å². The monoisotopic (exact) mass is 286 g/mol. The molecule has 0 saturated heterocycles. The van der Waals surface area contributed by atoms with Crippen LogP contribution >= 0.6 is 12.2 Å². The summed E-state index contributed by atoms with van der Waals surface area (Å²) in [7, 11) is 1.54. The second kappa shape index (κ2) is 7.52. The summed E-state index contributed by atoms with van der Waals surface area (Å²) in [6, 6.07) is 0. The molecule has 18 heavy (non-hydrogen) atoms. The van der Waals surface area contributed by atoms with Crippen molar-refractivity contribution in [1.29, 1.82) is 0 Å². The van der Waals surface area contributed by atoms with Gasteiger partial charge in [0, 0.05) is 20.0 Å². The highest BCUT2D eigenvalue weighted by molar-refractivity contribution is 7.80. The number of hydrogen-bond donors (Lipinski definition) is 1. The number of amides is 1. The summed E-state index contributed by atoms with van der Waals surface area (Å²) in [4.78, 5) is 13.1. The fourth-order valence-electron chi connectivity index (χ4n) is 1.01. The predicted octanol–water partition coefficient (Wildman–Crippen LogP) is 1.48. The Bertz CT molecular complexity index is 297. The number of alkyl halides is 3. The van der Waals surface area contributed by atoms with Crippen LogP contribution in [-0.2, 0) is 9.53 Å². The Hall–Kier alpha value is -0.890. The van der Waals surface area contributed by atoms with E-state index in [4.69, 9.17) is 5.73 Å². The van der Waals surface area contributed by atoms with Gasteiger partial charge in [0.15, 0.2) is 6.10 Å². The number of rotatable bonds is 7. The minimum Gasteiger partial charge on any atom is -0.393 e. The summed E-state index contributed by atoms with van der Waals surface area (Å²) in [6.45, 7) is 0.987. The van der Waals surface area contributed by atoms with E-state index in [1.54, 1.807) is 0 Å². The fourth-order valence-corrected chi connectivity index (χ4v) is 1.10. The second-order valence-corrected chi connectivity index (χ2v) is 4.36. The van der Waals surface area contributed by atoms with Crippen LogP contribution in [0.2, 0.25) is 0 Å². The van der Waals surface area contributed by atoms with Gasteiger partial charge in [-0.1, -0.05) is 12.2 Å². The molecule has 2 N–H and O–H groups in total. The molecular weight excluding hydrogens is 269 g/mol. The fraction of sp³-hybridized carbons (Fsp3) is 0.800. The number of carbonyl (C=O) groups is 1. The molecule has 0 aliphatic carbocycles. The highest BCUT2D eigenvalue weighted by Gasteiger charge is 2.36. The largest absolute Gasteiger partial charge is 0.414 e. The van der Waals surface area contributed by atoms with Gasteiger partial charge in [0.25, 0.3) is 0 Å². The standard InChI is InChI=1S/C10H17F3N2O2S/c1-7(10(11,12)13)17-6-4-9(16)15(2)5-3-8(14)18/h7H,3-6H2,1-2H3,(H2,14,18). The predicted molar refractivity (Wildman–Crippen MR) is 65.1 cm³/mol. The van der Waals surface area contributed by atoms with Crippen LogP contribution in [0.4, 0.5) is 13.2 Å². The van der Waals surface area contributed by atoms with Crippen LogP contribution in [-0.4, -0.2) is 48.3 Å². The Morgan fingerprint density at radius 2 is 2.00 bits per heavy atom. The molecule has 1 unspecified atom stereocenters. The summed E-state index contributed by atoms with van der Waals surface area (Å²) in [5.41, 5.74) is 5.27. The van der Waals surface area contributed by atoms with E-state index < -0.39 is 12.3 Å². The average molecular weight is 286 g/mol. The first-order chi connectivity index (χ1) is 8.14. The quantitative estimate of drug-likeness (QED) is 0.720. The van der Waals surface area contributed by atoms with Gasteiger partial charge in [0.2, 0.25) is 5.91 Å². The number of nitrogens with zero attached hydrogens (tertiary/aromatic N) is 1. The molecule has 0 aromatic heterocycles. The van der Waals surface area contributed by atoms with Crippen molar-refractivity contribution < 1.29 is 22.7 Å². The lowest BCUT2D eigenvalue weighted by Gasteiger charge is -2.19. The summed E-state index contributed by atoms with van der Waals surface area (Å²) in [6.07, 6.45) is -5.99. The molecule has 0 rings (SSSR count). The second-order valence-electron chi connectivity index (χ2n) is 3.84. The summed E-state index contributed by atoms with van der Waals surface area (Å²) in [5.74, 6) is -0.305. The van der Waals surface area contributed by atoms with Crippen molar-refractivity contribution >= 4 is 23.1 Å². The maximum absolute atomic E-state index is 12.1. The third kappa shape index (κ3) is 7.44. The lowest BCUT2D eigenvalue weighted by atomic mass is 10.3. The number of ether oxygens (including phenoxy) is 1. The topological polar surface area (TPSA) is 55.6 Å². The molecule has 0 aromatic carbocycles. The van der Waals surface area contributed by atoms with Gasteiger partial charge in [0.1, 0.15) is 0 Å². The minimum atomic E-state index is -4.40. The van der Waals surface area contributed by atoms with Crippen molar-refractivity contribution in [3.8, 4) is 0 Å². The summed E-state index contributed by atoms with van der Waals surface area (Å²) in [5, 5.41) is 0. The smallest absolute Gasteiger partial charge is 0.393 e. The summed E-state index contributed by atoms with van der Waals surface area (Å²) >= 11 is 4.65. The first kappa shape index (κ1) is 17.1. The van der Waals surface area contributed by atoms with Crippen molar-refractivity contribution in [3.05, 3.63) is 0 Å². The van der Waals surface area contributed by atoms with Gasteiger partial charge >= 0.3 is 6.18 Å². The molecule has 1 amide bonds. The Morgan fingerprint density at radius 1 is 1.44 bits per heavy atom. The molecule has 0 aliphatic rings. The molecule has 0 saturated carbocycles. The molecule has 8 heteroatoms. The first-order valence-electron chi connectivity index (χ1n) is 5.35. The summed E-state index contributed by atoms with van der Waals surface area (Å²) < 4.78 is 40.8. The molecule has 4 nitrogen and oxygen atoms in total. The highest BCUT2D eigenvalue weighted by Crippen LogP contribution is 2.22. The van der Waals surface area contributed by atoms with E-state index in [2.05, 4.69) is 17.0 Å². The van der Waals surface area contributed by atoms with Crippen molar-refractivity contribution in [2.45, 2.75) is 32.0 Å². The SMILES string of the molecule is CC(OCCC(=O)N(C)CCC(N)=S)C(F)(F)F. The average Bonchev–Trinajstić information content (AvgIpc) is 2.23. The Labute approximate surface area is 109 Å². The zero-order chi connectivity index (χ0) is 14.3. The van der Waals surface area contributed by atoms with E-state index in [1.165, 1.54) is 11.9 Å². The number of thiocarbonyl (C=S) groups is 1. The molecule has 0 bridgehead atoms. The van der Waals surface area contributed by atoms with Crippen LogP contribution in [0.5, 0.6) is 0 Å². The zero-order valence-corrected chi connectivity index (χ0v) is 11.1. The van der Waals surface area contributed by atoms with Gasteiger partial charge in [-0.2, -0.15) is 13.2 Å². The number of halogens is 3. The lowest BCUT2D eigenvalue weighted by molar-refractivity contribution is -0.214. The highest BCUT2D eigenvalue weighted by atomic mass is 32.1. The van der Waals surface area contributed by atoms with Crippen LogP contribution in [0.25, 0.3) is 0 Å². The Morgan fingerprint density at radius 3 is 2.44 bits per heavy atom. The maximum atomic E-state index is 12.1. The molecule has 106 valence electrons. The number of hydrogen-bond acceptors (Lipinski definition) is 3. The Kier molecular flexibility index (Phi) is 7.15.